The van der Waals surface area contributed by atoms with Crippen LogP contribution in [0.4, 0.5) is 0 Å². The number of amides is 1. The maximum atomic E-state index is 12.8. The molecule has 1 fully saturated rings. The molecular weight excluding hydrogens is 364 g/mol. The molecule has 0 aliphatic carbocycles. The summed E-state index contributed by atoms with van der Waals surface area (Å²) in [4.78, 5) is 26.3. The van der Waals surface area contributed by atoms with Crippen LogP contribution < -0.4 is 24.5 Å². The number of carbonyl (C=O) groups excluding carboxylic acids is 1. The Kier molecular flexibility index (Phi) is 5.48. The third-order valence-corrected chi connectivity index (χ3v) is 4.83. The lowest BCUT2D eigenvalue weighted by Crippen LogP contribution is -2.56. The SMILES string of the molecule is COc1cc(C(=O)N2CC(Oc3cc(C)n(C)c(=O)c3)C2)cc(OC)c1OC. The maximum Gasteiger partial charge on any atom is 0.254 e. The number of hydrogen-bond acceptors (Lipinski definition) is 6. The van der Waals surface area contributed by atoms with E-state index in [1.807, 2.05) is 13.0 Å². The van der Waals surface area contributed by atoms with Crippen molar-refractivity contribution < 1.29 is 23.7 Å². The first-order valence-electron chi connectivity index (χ1n) is 8.81. The van der Waals surface area contributed by atoms with E-state index in [0.29, 0.717) is 41.7 Å². The van der Waals surface area contributed by atoms with Gasteiger partial charge < -0.3 is 28.4 Å². The molecule has 2 aromatic rings. The van der Waals surface area contributed by atoms with Crippen LogP contribution in [0.5, 0.6) is 23.0 Å². The van der Waals surface area contributed by atoms with Crippen LogP contribution in [0.1, 0.15) is 16.1 Å². The monoisotopic (exact) mass is 388 g/mol. The topological polar surface area (TPSA) is 79.2 Å². The molecule has 1 saturated heterocycles. The molecule has 0 bridgehead atoms. The highest BCUT2D eigenvalue weighted by molar-refractivity contribution is 5.96. The Morgan fingerprint density at radius 1 is 1.00 bits per heavy atom. The second-order valence-electron chi connectivity index (χ2n) is 6.59. The number of ether oxygens (including phenoxy) is 4. The van der Waals surface area contributed by atoms with Crippen molar-refractivity contribution in [3.05, 3.63) is 45.9 Å². The van der Waals surface area contributed by atoms with Gasteiger partial charge in [-0.2, -0.15) is 0 Å². The van der Waals surface area contributed by atoms with E-state index in [1.54, 1.807) is 28.6 Å². The normalized spacial score (nSPS) is 13.7. The van der Waals surface area contributed by atoms with Crippen molar-refractivity contribution in [2.75, 3.05) is 34.4 Å². The zero-order valence-electron chi connectivity index (χ0n) is 16.6. The highest BCUT2D eigenvalue weighted by Crippen LogP contribution is 2.38. The molecule has 0 saturated carbocycles. The van der Waals surface area contributed by atoms with Gasteiger partial charge in [-0.05, 0) is 25.1 Å². The number of nitrogens with zero attached hydrogens (tertiary/aromatic N) is 2. The number of aryl methyl sites for hydroxylation is 1. The minimum atomic E-state index is -0.155. The lowest BCUT2D eigenvalue weighted by Gasteiger charge is -2.39. The third kappa shape index (κ3) is 3.62. The molecule has 1 aromatic carbocycles. The molecule has 0 radical (unpaired) electrons. The molecule has 0 spiro atoms. The average molecular weight is 388 g/mol. The van der Waals surface area contributed by atoms with Gasteiger partial charge in [0.05, 0.1) is 34.4 Å². The van der Waals surface area contributed by atoms with Gasteiger partial charge in [0, 0.05) is 24.4 Å². The van der Waals surface area contributed by atoms with E-state index < -0.39 is 0 Å². The fourth-order valence-corrected chi connectivity index (χ4v) is 3.06. The number of hydrogen-bond donors (Lipinski definition) is 0. The van der Waals surface area contributed by atoms with Gasteiger partial charge in [-0.25, -0.2) is 0 Å². The van der Waals surface area contributed by atoms with Crippen LogP contribution in [0, 0.1) is 6.92 Å². The summed E-state index contributed by atoms with van der Waals surface area (Å²) in [5, 5.41) is 0. The fraction of sp³-hybridized carbons (Fsp3) is 0.400. The van der Waals surface area contributed by atoms with E-state index in [1.165, 1.54) is 27.4 Å². The molecule has 1 aromatic heterocycles. The summed E-state index contributed by atoms with van der Waals surface area (Å²) >= 11 is 0. The van der Waals surface area contributed by atoms with E-state index in [9.17, 15) is 9.59 Å². The van der Waals surface area contributed by atoms with Gasteiger partial charge in [0.2, 0.25) is 5.75 Å². The number of methoxy groups -OCH3 is 3. The zero-order chi connectivity index (χ0) is 20.4. The molecule has 8 nitrogen and oxygen atoms in total. The molecule has 1 aliphatic heterocycles. The Morgan fingerprint density at radius 2 is 1.61 bits per heavy atom. The number of aromatic nitrogens is 1. The van der Waals surface area contributed by atoms with Gasteiger partial charge in [0.1, 0.15) is 11.9 Å². The first-order valence-corrected chi connectivity index (χ1v) is 8.81. The van der Waals surface area contributed by atoms with Gasteiger partial charge in [-0.15, -0.1) is 0 Å². The Morgan fingerprint density at radius 3 is 2.11 bits per heavy atom. The predicted octanol–water partition coefficient (Wildman–Crippen LogP) is 1.62. The number of rotatable bonds is 6. The van der Waals surface area contributed by atoms with E-state index in [-0.39, 0.29) is 17.6 Å². The molecule has 0 atom stereocenters. The molecule has 2 heterocycles. The Labute approximate surface area is 163 Å². The number of likely N-dealkylation sites (tertiary alicyclic amines) is 1. The first-order chi connectivity index (χ1) is 13.4. The summed E-state index contributed by atoms with van der Waals surface area (Å²) < 4.78 is 23.3. The van der Waals surface area contributed by atoms with Crippen molar-refractivity contribution in [1.29, 1.82) is 0 Å². The lowest BCUT2D eigenvalue weighted by atomic mass is 10.1. The lowest BCUT2D eigenvalue weighted by molar-refractivity contribution is 0.0176. The van der Waals surface area contributed by atoms with E-state index in [0.717, 1.165) is 5.69 Å². The van der Waals surface area contributed by atoms with Crippen molar-refractivity contribution >= 4 is 5.91 Å². The number of benzene rings is 1. The van der Waals surface area contributed by atoms with Gasteiger partial charge in [0.25, 0.3) is 11.5 Å². The van der Waals surface area contributed by atoms with Gasteiger partial charge in [-0.3, -0.25) is 9.59 Å². The molecule has 1 aliphatic rings. The van der Waals surface area contributed by atoms with Crippen LogP contribution in [0.25, 0.3) is 0 Å². The van der Waals surface area contributed by atoms with Crippen LogP contribution in [-0.4, -0.2) is 55.9 Å². The van der Waals surface area contributed by atoms with Gasteiger partial charge in [-0.1, -0.05) is 0 Å². The number of pyridine rings is 1. The Balaban J connectivity index is 1.69. The molecular formula is C20H24N2O6. The molecule has 0 N–H and O–H groups in total. The molecule has 150 valence electrons. The second kappa shape index (κ2) is 7.84. The minimum Gasteiger partial charge on any atom is -0.493 e. The summed E-state index contributed by atoms with van der Waals surface area (Å²) in [5.41, 5.74) is 1.13. The van der Waals surface area contributed by atoms with Crippen molar-refractivity contribution in [2.45, 2.75) is 13.0 Å². The first kappa shape index (κ1) is 19.6. The maximum absolute atomic E-state index is 12.8. The van der Waals surface area contributed by atoms with Crippen molar-refractivity contribution in [1.82, 2.24) is 9.47 Å². The van der Waals surface area contributed by atoms with Crippen LogP contribution in [0.3, 0.4) is 0 Å². The standard InChI is InChI=1S/C20H24N2O6/c1-12-6-14(9-18(23)21(12)2)28-15-10-22(11-15)20(24)13-7-16(25-3)19(27-5)17(8-13)26-4/h6-9,15H,10-11H2,1-5H3. The Hall–Kier alpha value is -3.16. The highest BCUT2D eigenvalue weighted by Gasteiger charge is 2.34. The third-order valence-electron chi connectivity index (χ3n) is 4.83. The van der Waals surface area contributed by atoms with E-state index in [4.69, 9.17) is 18.9 Å². The summed E-state index contributed by atoms with van der Waals surface area (Å²) in [5.74, 6) is 1.65. The van der Waals surface area contributed by atoms with Crippen LogP contribution in [0.2, 0.25) is 0 Å². The Bertz CT molecular complexity index is 921. The molecule has 3 rings (SSSR count). The predicted molar refractivity (Wildman–Crippen MR) is 103 cm³/mol. The quantitative estimate of drug-likeness (QED) is 0.748. The van der Waals surface area contributed by atoms with Crippen molar-refractivity contribution in [3.63, 3.8) is 0 Å². The van der Waals surface area contributed by atoms with Crippen LogP contribution in [0.15, 0.2) is 29.1 Å². The summed E-state index contributed by atoms with van der Waals surface area (Å²) in [6.45, 7) is 2.71. The van der Waals surface area contributed by atoms with Gasteiger partial charge >= 0.3 is 0 Å². The minimum absolute atomic E-state index is 0.125. The summed E-state index contributed by atoms with van der Waals surface area (Å²) in [6.07, 6.45) is -0.155. The zero-order valence-corrected chi connectivity index (χ0v) is 16.6. The van der Waals surface area contributed by atoms with Crippen molar-refractivity contribution in [3.8, 4) is 23.0 Å². The van der Waals surface area contributed by atoms with Gasteiger partial charge in [0.15, 0.2) is 11.5 Å². The fourth-order valence-electron chi connectivity index (χ4n) is 3.06. The van der Waals surface area contributed by atoms with E-state index in [2.05, 4.69) is 0 Å². The highest BCUT2D eigenvalue weighted by atomic mass is 16.5. The summed E-state index contributed by atoms with van der Waals surface area (Å²) in [7, 11) is 6.23. The molecule has 8 heteroatoms. The smallest absolute Gasteiger partial charge is 0.254 e. The summed E-state index contributed by atoms with van der Waals surface area (Å²) in [6, 6.07) is 6.52. The van der Waals surface area contributed by atoms with Crippen LogP contribution >= 0.6 is 0 Å². The van der Waals surface area contributed by atoms with E-state index >= 15 is 0 Å². The molecule has 1 amide bonds. The second-order valence-corrected chi connectivity index (χ2v) is 6.59. The largest absolute Gasteiger partial charge is 0.493 e. The average Bonchev–Trinajstić information content (AvgIpc) is 2.66. The van der Waals surface area contributed by atoms with Crippen LogP contribution in [-0.2, 0) is 7.05 Å². The molecule has 0 unspecified atom stereocenters. The van der Waals surface area contributed by atoms with Crippen molar-refractivity contribution in [2.24, 2.45) is 7.05 Å². The molecule has 28 heavy (non-hydrogen) atoms. The number of carbonyl (C=O) groups is 1.